The maximum atomic E-state index is 13.2. The highest BCUT2D eigenvalue weighted by molar-refractivity contribution is 5.94. The number of guanidine groups is 1. The fourth-order valence-corrected chi connectivity index (χ4v) is 3.26. The van der Waals surface area contributed by atoms with E-state index < -0.39 is 60.2 Å². The number of nitrogens with two attached hydrogens (primary N) is 3. The predicted octanol–water partition coefficient (Wildman–Crippen LogP) is -1.53. The number of hydrogen-bond donors (Lipinski definition) is 8. The minimum absolute atomic E-state index is 0.0157. The lowest BCUT2D eigenvalue weighted by atomic mass is 9.96. The number of nitrogens with zero attached hydrogens (tertiary/aromatic N) is 1. The van der Waals surface area contributed by atoms with Crippen molar-refractivity contribution in [2.45, 2.75) is 84.0 Å². The number of amides is 3. The van der Waals surface area contributed by atoms with Crippen molar-refractivity contribution in [1.82, 2.24) is 16.0 Å². The van der Waals surface area contributed by atoms with E-state index in [-0.39, 0.29) is 37.2 Å². The van der Waals surface area contributed by atoms with Gasteiger partial charge in [0.25, 0.3) is 0 Å². The van der Waals surface area contributed by atoms with Gasteiger partial charge in [0.2, 0.25) is 17.7 Å². The highest BCUT2D eigenvalue weighted by atomic mass is 16.4. The fraction of sp³-hybridized carbons (Fsp3) is 0.727. The standard InChI is InChI=1S/C22H41N7O7/c1-5-12(4)17(29-18(32)13(23)9-11(2)3)20(34)27-14(7-6-8-26-22(24)25)19(33)28-15(21(35)36)10-16(30)31/h11-15,17H,5-10,23H2,1-4H3,(H,27,34)(H,28,33)(H,29,32)(H,30,31)(H,35,36)(H4,24,25,26). The van der Waals surface area contributed by atoms with Gasteiger partial charge in [-0.3, -0.25) is 24.2 Å². The molecule has 0 radical (unpaired) electrons. The molecule has 0 fully saturated rings. The SMILES string of the molecule is CCC(C)C(NC(=O)C(N)CC(C)C)C(=O)NC(CCCN=C(N)N)C(=O)NC(CC(=O)O)C(=O)O. The van der Waals surface area contributed by atoms with E-state index in [1.165, 1.54) is 0 Å². The molecular formula is C22H41N7O7. The monoisotopic (exact) mass is 515 g/mol. The molecule has 3 amide bonds. The molecule has 14 nitrogen and oxygen atoms in total. The van der Waals surface area contributed by atoms with E-state index in [9.17, 15) is 29.1 Å². The molecule has 0 aromatic carbocycles. The fourth-order valence-electron chi connectivity index (χ4n) is 3.26. The minimum atomic E-state index is -1.70. The van der Waals surface area contributed by atoms with Crippen molar-refractivity contribution in [3.05, 3.63) is 0 Å². The Labute approximate surface area is 210 Å². The number of carbonyl (C=O) groups excluding carboxylic acids is 3. The first-order chi connectivity index (χ1) is 16.7. The highest BCUT2D eigenvalue weighted by Gasteiger charge is 2.32. The molecule has 36 heavy (non-hydrogen) atoms. The van der Waals surface area contributed by atoms with Crippen LogP contribution in [0.1, 0.15) is 59.8 Å². The van der Waals surface area contributed by atoms with Gasteiger partial charge < -0.3 is 43.4 Å². The summed E-state index contributed by atoms with van der Waals surface area (Å²) in [4.78, 5) is 64.7. The summed E-state index contributed by atoms with van der Waals surface area (Å²) >= 11 is 0. The zero-order valence-electron chi connectivity index (χ0n) is 21.3. The lowest BCUT2D eigenvalue weighted by molar-refractivity contribution is -0.147. The van der Waals surface area contributed by atoms with Gasteiger partial charge in [0.05, 0.1) is 12.5 Å². The average Bonchev–Trinajstić information content (AvgIpc) is 2.76. The summed E-state index contributed by atoms with van der Waals surface area (Å²) in [7, 11) is 0. The number of carboxylic acid groups (broad SMARTS) is 2. The number of rotatable bonds is 17. The van der Waals surface area contributed by atoms with Crippen LogP contribution in [-0.4, -0.2) is 76.5 Å². The molecule has 0 aliphatic rings. The van der Waals surface area contributed by atoms with Crippen molar-refractivity contribution in [3.63, 3.8) is 0 Å². The third kappa shape index (κ3) is 12.9. The molecule has 0 bridgehead atoms. The van der Waals surface area contributed by atoms with E-state index in [2.05, 4.69) is 20.9 Å². The lowest BCUT2D eigenvalue weighted by Gasteiger charge is -2.28. The number of nitrogens with one attached hydrogen (secondary N) is 3. The summed E-state index contributed by atoms with van der Waals surface area (Å²) in [5.74, 6) is -5.35. The van der Waals surface area contributed by atoms with Crippen LogP contribution in [0.25, 0.3) is 0 Å². The molecule has 0 rings (SSSR count). The van der Waals surface area contributed by atoms with E-state index in [4.69, 9.17) is 22.3 Å². The smallest absolute Gasteiger partial charge is 0.326 e. The first kappa shape index (κ1) is 32.6. The maximum absolute atomic E-state index is 13.2. The zero-order valence-corrected chi connectivity index (χ0v) is 21.3. The second-order valence-electron chi connectivity index (χ2n) is 9.12. The van der Waals surface area contributed by atoms with Crippen LogP contribution in [0.5, 0.6) is 0 Å². The molecule has 0 saturated carbocycles. The molecule has 14 heteroatoms. The van der Waals surface area contributed by atoms with Gasteiger partial charge in [-0.1, -0.05) is 34.1 Å². The maximum Gasteiger partial charge on any atom is 0.326 e. The van der Waals surface area contributed by atoms with Crippen molar-refractivity contribution in [2.24, 2.45) is 34.0 Å². The molecule has 0 aromatic rings. The third-order valence-electron chi connectivity index (χ3n) is 5.43. The average molecular weight is 516 g/mol. The molecule has 5 unspecified atom stereocenters. The number of hydrogen-bond acceptors (Lipinski definition) is 7. The third-order valence-corrected chi connectivity index (χ3v) is 5.43. The molecule has 0 aliphatic carbocycles. The Kier molecular flexibility index (Phi) is 14.7. The molecule has 11 N–H and O–H groups in total. The lowest BCUT2D eigenvalue weighted by Crippen LogP contribution is -2.58. The van der Waals surface area contributed by atoms with Crippen LogP contribution in [0.2, 0.25) is 0 Å². The highest BCUT2D eigenvalue weighted by Crippen LogP contribution is 2.11. The van der Waals surface area contributed by atoms with Crippen molar-refractivity contribution >= 4 is 35.6 Å². The molecule has 0 saturated heterocycles. The zero-order chi connectivity index (χ0) is 28.0. The van der Waals surface area contributed by atoms with E-state index in [1.807, 2.05) is 20.8 Å². The summed E-state index contributed by atoms with van der Waals surface area (Å²) < 4.78 is 0. The number of aliphatic imine (C=N–C) groups is 1. The van der Waals surface area contributed by atoms with E-state index >= 15 is 0 Å². The first-order valence-electron chi connectivity index (χ1n) is 11.9. The van der Waals surface area contributed by atoms with E-state index in [1.54, 1.807) is 6.92 Å². The van der Waals surface area contributed by atoms with Gasteiger partial charge >= 0.3 is 11.9 Å². The van der Waals surface area contributed by atoms with Crippen LogP contribution in [0, 0.1) is 11.8 Å². The van der Waals surface area contributed by atoms with Crippen molar-refractivity contribution in [1.29, 1.82) is 0 Å². The van der Waals surface area contributed by atoms with E-state index in [0.29, 0.717) is 12.8 Å². The quantitative estimate of drug-likeness (QED) is 0.0630. The van der Waals surface area contributed by atoms with Crippen LogP contribution in [0.4, 0.5) is 0 Å². The Balaban J connectivity index is 5.70. The van der Waals surface area contributed by atoms with Crippen LogP contribution in [0.3, 0.4) is 0 Å². The second-order valence-corrected chi connectivity index (χ2v) is 9.12. The summed E-state index contributed by atoms with van der Waals surface area (Å²) in [6.45, 7) is 7.53. The summed E-state index contributed by atoms with van der Waals surface area (Å²) in [6, 6.07) is -4.78. The molecule has 206 valence electrons. The molecule has 5 atom stereocenters. The second kappa shape index (κ2) is 16.3. The van der Waals surface area contributed by atoms with Crippen LogP contribution >= 0.6 is 0 Å². The van der Waals surface area contributed by atoms with Crippen LogP contribution in [-0.2, 0) is 24.0 Å². The molecule has 0 aromatic heterocycles. The van der Waals surface area contributed by atoms with Gasteiger partial charge in [0.15, 0.2) is 5.96 Å². The van der Waals surface area contributed by atoms with Gasteiger partial charge in [-0.05, 0) is 31.1 Å². The largest absolute Gasteiger partial charge is 0.481 e. The Morgan fingerprint density at radius 1 is 0.889 bits per heavy atom. The van der Waals surface area contributed by atoms with Gasteiger partial charge in [-0.15, -0.1) is 0 Å². The molecule has 0 spiro atoms. The predicted molar refractivity (Wildman–Crippen MR) is 132 cm³/mol. The van der Waals surface area contributed by atoms with Crippen LogP contribution < -0.4 is 33.2 Å². The first-order valence-corrected chi connectivity index (χ1v) is 11.9. The van der Waals surface area contributed by atoms with Crippen molar-refractivity contribution < 1.29 is 34.2 Å². The number of carboxylic acids is 2. The normalized spacial score (nSPS) is 15.1. The van der Waals surface area contributed by atoms with Crippen LogP contribution in [0.15, 0.2) is 4.99 Å². The Hall–Kier alpha value is -3.42. The summed E-state index contributed by atoms with van der Waals surface area (Å²) in [5.41, 5.74) is 16.5. The Bertz CT molecular complexity index is 800. The van der Waals surface area contributed by atoms with Gasteiger partial charge in [-0.25, -0.2) is 4.79 Å². The summed E-state index contributed by atoms with van der Waals surface area (Å²) in [5, 5.41) is 25.5. The topological polar surface area (TPSA) is 252 Å². The van der Waals surface area contributed by atoms with E-state index in [0.717, 1.165) is 0 Å². The molecular weight excluding hydrogens is 474 g/mol. The van der Waals surface area contributed by atoms with Gasteiger partial charge in [0, 0.05) is 6.54 Å². The molecule has 0 aliphatic heterocycles. The Morgan fingerprint density at radius 2 is 1.47 bits per heavy atom. The van der Waals surface area contributed by atoms with Gasteiger partial charge in [-0.2, -0.15) is 0 Å². The molecule has 0 heterocycles. The number of carbonyl (C=O) groups is 5. The van der Waals surface area contributed by atoms with Crippen molar-refractivity contribution in [3.8, 4) is 0 Å². The summed E-state index contributed by atoms with van der Waals surface area (Å²) in [6.07, 6.45) is 0.346. The van der Waals surface area contributed by atoms with Gasteiger partial charge in [0.1, 0.15) is 18.1 Å². The Morgan fingerprint density at radius 3 is 1.94 bits per heavy atom. The number of aliphatic carboxylic acids is 2. The van der Waals surface area contributed by atoms with Crippen molar-refractivity contribution in [2.75, 3.05) is 6.54 Å². The minimum Gasteiger partial charge on any atom is -0.481 e.